The van der Waals surface area contributed by atoms with E-state index in [4.69, 9.17) is 4.74 Å². The van der Waals surface area contributed by atoms with E-state index in [2.05, 4.69) is 4.98 Å². The van der Waals surface area contributed by atoms with Crippen LogP contribution in [0.2, 0.25) is 0 Å². The molecule has 0 spiro atoms. The highest BCUT2D eigenvalue weighted by Crippen LogP contribution is 2.24. The number of pyridine rings is 1. The summed E-state index contributed by atoms with van der Waals surface area (Å²) < 4.78 is 5.60. The van der Waals surface area contributed by atoms with Gasteiger partial charge < -0.3 is 4.74 Å². The minimum absolute atomic E-state index is 0.338. The molecule has 0 aliphatic heterocycles. The number of carbonyl (C=O) groups excluding carboxylic acids is 1. The Morgan fingerprint density at radius 1 is 1.18 bits per heavy atom. The van der Waals surface area contributed by atoms with Crippen molar-refractivity contribution >= 4 is 16.7 Å². The first kappa shape index (κ1) is 10.3. The Bertz CT molecular complexity index is 557. The predicted molar refractivity (Wildman–Crippen MR) is 65.0 cm³/mol. The molecule has 1 fully saturated rings. The molecule has 1 saturated carbocycles. The van der Waals surface area contributed by atoms with E-state index >= 15 is 0 Å². The van der Waals surface area contributed by atoms with Crippen molar-refractivity contribution in [1.29, 1.82) is 0 Å². The highest BCUT2D eigenvalue weighted by Gasteiger charge is 2.26. The number of benzene rings is 1. The van der Waals surface area contributed by atoms with Gasteiger partial charge >= 0.3 is 0 Å². The van der Waals surface area contributed by atoms with Gasteiger partial charge in [0.05, 0.1) is 12.1 Å². The van der Waals surface area contributed by atoms with Crippen molar-refractivity contribution < 1.29 is 9.53 Å². The van der Waals surface area contributed by atoms with Crippen LogP contribution in [0.3, 0.4) is 0 Å². The van der Waals surface area contributed by atoms with Crippen molar-refractivity contribution in [1.82, 2.24) is 4.98 Å². The number of carbonyl (C=O) groups is 1. The van der Waals surface area contributed by atoms with E-state index in [1.807, 2.05) is 36.4 Å². The lowest BCUT2D eigenvalue weighted by atomic mass is 9.85. The van der Waals surface area contributed by atoms with Crippen molar-refractivity contribution in [2.45, 2.75) is 12.8 Å². The van der Waals surface area contributed by atoms with Crippen LogP contribution < -0.4 is 4.74 Å². The third kappa shape index (κ3) is 2.13. The average molecular weight is 227 g/mol. The molecular weight excluding hydrogens is 214 g/mol. The molecule has 1 aromatic heterocycles. The van der Waals surface area contributed by atoms with E-state index in [0.29, 0.717) is 37.0 Å². The lowest BCUT2D eigenvalue weighted by Gasteiger charge is -2.23. The molecule has 3 rings (SSSR count). The Labute approximate surface area is 99.4 Å². The normalized spacial score (nSPS) is 15.9. The van der Waals surface area contributed by atoms with Crippen LogP contribution in [0.15, 0.2) is 36.4 Å². The largest absolute Gasteiger partial charge is 0.477 e. The summed E-state index contributed by atoms with van der Waals surface area (Å²) in [7, 11) is 0. The number of para-hydroxylation sites is 1. The number of hydrogen-bond acceptors (Lipinski definition) is 3. The Morgan fingerprint density at radius 2 is 2.00 bits per heavy atom. The Hall–Kier alpha value is -1.90. The molecule has 0 saturated heterocycles. The lowest BCUT2D eigenvalue weighted by molar-refractivity contribution is -0.127. The van der Waals surface area contributed by atoms with Gasteiger partial charge in [-0.25, -0.2) is 4.98 Å². The summed E-state index contributed by atoms with van der Waals surface area (Å²) in [4.78, 5) is 15.2. The van der Waals surface area contributed by atoms with E-state index < -0.39 is 0 Å². The van der Waals surface area contributed by atoms with Gasteiger partial charge in [0, 0.05) is 30.2 Å². The summed E-state index contributed by atoms with van der Waals surface area (Å²) in [5, 5.41) is 1.11. The molecule has 1 aliphatic rings. The molecule has 17 heavy (non-hydrogen) atoms. The van der Waals surface area contributed by atoms with Crippen LogP contribution in [0, 0.1) is 5.92 Å². The Morgan fingerprint density at radius 3 is 2.82 bits per heavy atom. The Balaban J connectivity index is 1.70. The molecule has 0 N–H and O–H groups in total. The van der Waals surface area contributed by atoms with Crippen LogP contribution in [0.25, 0.3) is 10.9 Å². The van der Waals surface area contributed by atoms with Crippen LogP contribution in [0.5, 0.6) is 5.88 Å². The van der Waals surface area contributed by atoms with Crippen LogP contribution in [0.4, 0.5) is 0 Å². The Kier molecular flexibility index (Phi) is 2.52. The number of ketones is 1. The average Bonchev–Trinajstić information content (AvgIpc) is 2.33. The van der Waals surface area contributed by atoms with E-state index in [-0.39, 0.29) is 0 Å². The first-order chi connectivity index (χ1) is 8.31. The van der Waals surface area contributed by atoms with Crippen molar-refractivity contribution in [3.63, 3.8) is 0 Å². The molecule has 0 atom stereocenters. The van der Waals surface area contributed by atoms with E-state index in [0.717, 1.165) is 10.9 Å². The highest BCUT2D eigenvalue weighted by atomic mass is 16.5. The van der Waals surface area contributed by atoms with Gasteiger partial charge in [-0.05, 0) is 12.1 Å². The maximum Gasteiger partial charge on any atom is 0.213 e. The van der Waals surface area contributed by atoms with Gasteiger partial charge in [-0.3, -0.25) is 4.79 Å². The number of aromatic nitrogens is 1. The van der Waals surface area contributed by atoms with Crippen molar-refractivity contribution in [2.24, 2.45) is 5.92 Å². The second-order valence-corrected chi connectivity index (χ2v) is 4.47. The van der Waals surface area contributed by atoms with Crippen LogP contribution in [-0.4, -0.2) is 17.4 Å². The molecule has 86 valence electrons. The molecule has 1 heterocycles. The predicted octanol–water partition coefficient (Wildman–Crippen LogP) is 2.59. The van der Waals surface area contributed by atoms with Crippen molar-refractivity contribution in [3.05, 3.63) is 36.4 Å². The minimum atomic E-state index is 0.338. The SMILES string of the molecule is O=C1CC(COc2ccc3ccccc3n2)C1. The molecule has 3 nitrogen and oxygen atoms in total. The van der Waals surface area contributed by atoms with Crippen LogP contribution >= 0.6 is 0 Å². The number of hydrogen-bond donors (Lipinski definition) is 0. The zero-order valence-electron chi connectivity index (χ0n) is 9.43. The van der Waals surface area contributed by atoms with Crippen LogP contribution in [-0.2, 0) is 4.79 Å². The zero-order valence-corrected chi connectivity index (χ0v) is 9.43. The minimum Gasteiger partial charge on any atom is -0.477 e. The monoisotopic (exact) mass is 227 g/mol. The molecule has 0 unspecified atom stereocenters. The second kappa shape index (κ2) is 4.17. The summed E-state index contributed by atoms with van der Waals surface area (Å²) in [6, 6.07) is 11.8. The van der Waals surface area contributed by atoms with Gasteiger partial charge in [0.1, 0.15) is 5.78 Å². The number of nitrogens with zero attached hydrogens (tertiary/aromatic N) is 1. The van der Waals surface area contributed by atoms with Crippen LogP contribution in [0.1, 0.15) is 12.8 Å². The fourth-order valence-electron chi connectivity index (χ4n) is 2.03. The molecule has 1 aromatic carbocycles. The third-order valence-electron chi connectivity index (χ3n) is 3.07. The van der Waals surface area contributed by atoms with E-state index in [1.165, 1.54) is 0 Å². The maximum absolute atomic E-state index is 10.8. The molecule has 1 aliphatic carbocycles. The van der Waals surface area contributed by atoms with Gasteiger partial charge in [-0.2, -0.15) is 0 Å². The van der Waals surface area contributed by atoms with Gasteiger partial charge in [-0.15, -0.1) is 0 Å². The van der Waals surface area contributed by atoms with Gasteiger partial charge in [-0.1, -0.05) is 18.2 Å². The number of Topliss-reactive ketones (excluding diaryl/α,β-unsaturated/α-hetero) is 1. The summed E-state index contributed by atoms with van der Waals surface area (Å²) in [6.07, 6.45) is 1.32. The first-order valence-corrected chi connectivity index (χ1v) is 5.81. The molecule has 0 amide bonds. The third-order valence-corrected chi connectivity index (χ3v) is 3.07. The highest BCUT2D eigenvalue weighted by molar-refractivity contribution is 5.84. The standard InChI is InChI=1S/C14H13NO2/c16-12-7-10(8-12)9-17-14-6-5-11-3-1-2-4-13(11)15-14/h1-6,10H,7-9H2. The second-order valence-electron chi connectivity index (χ2n) is 4.47. The van der Waals surface area contributed by atoms with Gasteiger partial charge in [0.25, 0.3) is 0 Å². The number of ether oxygens (including phenoxy) is 1. The van der Waals surface area contributed by atoms with E-state index in [9.17, 15) is 4.79 Å². The summed E-state index contributed by atoms with van der Waals surface area (Å²) in [6.45, 7) is 0.594. The maximum atomic E-state index is 10.8. The fourth-order valence-corrected chi connectivity index (χ4v) is 2.03. The summed E-state index contributed by atoms with van der Waals surface area (Å²) in [5.41, 5.74) is 0.940. The molecular formula is C14H13NO2. The number of fused-ring (bicyclic) bond motifs is 1. The van der Waals surface area contributed by atoms with E-state index in [1.54, 1.807) is 0 Å². The lowest BCUT2D eigenvalue weighted by Crippen LogP contribution is -2.28. The molecule has 0 bridgehead atoms. The smallest absolute Gasteiger partial charge is 0.213 e. The fraction of sp³-hybridized carbons (Fsp3) is 0.286. The molecule has 2 aromatic rings. The quantitative estimate of drug-likeness (QED) is 0.809. The summed E-state index contributed by atoms with van der Waals surface area (Å²) in [5.74, 6) is 1.36. The first-order valence-electron chi connectivity index (χ1n) is 5.81. The molecule has 3 heteroatoms. The summed E-state index contributed by atoms with van der Waals surface area (Å²) >= 11 is 0. The number of rotatable bonds is 3. The van der Waals surface area contributed by atoms with Gasteiger partial charge in [0.2, 0.25) is 5.88 Å². The topological polar surface area (TPSA) is 39.2 Å². The van der Waals surface area contributed by atoms with Gasteiger partial charge in [0.15, 0.2) is 0 Å². The van der Waals surface area contributed by atoms with Crippen molar-refractivity contribution in [2.75, 3.05) is 6.61 Å². The van der Waals surface area contributed by atoms with Crippen molar-refractivity contribution in [3.8, 4) is 5.88 Å². The molecule has 0 radical (unpaired) electrons. The zero-order chi connectivity index (χ0) is 11.7.